The summed E-state index contributed by atoms with van der Waals surface area (Å²) in [6.45, 7) is 4.18. The Labute approximate surface area is 105 Å². The summed E-state index contributed by atoms with van der Waals surface area (Å²) < 4.78 is 14.6. The molecule has 0 aliphatic carbocycles. The van der Waals surface area contributed by atoms with Crippen LogP contribution in [0.5, 0.6) is 0 Å². The number of nitrogens with two attached hydrogens (primary N) is 1. The third kappa shape index (κ3) is 3.03. The number of hydrogen-bond donors (Lipinski definition) is 2. The van der Waals surface area contributed by atoms with E-state index >= 15 is 0 Å². The molecule has 0 spiro atoms. The molecule has 1 unspecified atom stereocenters. The molecule has 0 heterocycles. The zero-order valence-electron chi connectivity index (χ0n) is 9.63. The van der Waals surface area contributed by atoms with Gasteiger partial charge in [0.25, 0.3) is 0 Å². The van der Waals surface area contributed by atoms with Gasteiger partial charge in [0.05, 0.1) is 6.04 Å². The third-order valence-electron chi connectivity index (χ3n) is 2.99. The summed E-state index contributed by atoms with van der Waals surface area (Å²) in [5.74, 6) is 5.68. The van der Waals surface area contributed by atoms with Gasteiger partial charge in [-0.05, 0) is 24.1 Å². The first-order chi connectivity index (χ1) is 7.63. The van der Waals surface area contributed by atoms with Gasteiger partial charge in [0.1, 0.15) is 5.82 Å². The van der Waals surface area contributed by atoms with E-state index in [0.29, 0.717) is 11.5 Å². The fourth-order valence-corrected chi connectivity index (χ4v) is 2.37. The van der Waals surface area contributed by atoms with Crippen molar-refractivity contribution in [3.05, 3.63) is 34.1 Å². The van der Waals surface area contributed by atoms with E-state index in [9.17, 15) is 4.39 Å². The van der Waals surface area contributed by atoms with Crippen LogP contribution >= 0.6 is 15.9 Å². The van der Waals surface area contributed by atoms with Gasteiger partial charge in [0.2, 0.25) is 0 Å². The van der Waals surface area contributed by atoms with E-state index in [-0.39, 0.29) is 11.9 Å². The Hall–Kier alpha value is -0.450. The average molecular weight is 289 g/mol. The first kappa shape index (κ1) is 13.6. The second kappa shape index (κ2) is 6.33. The summed E-state index contributed by atoms with van der Waals surface area (Å²) in [5.41, 5.74) is 3.36. The van der Waals surface area contributed by atoms with Crippen LogP contribution in [0.4, 0.5) is 4.39 Å². The van der Waals surface area contributed by atoms with E-state index in [0.717, 1.165) is 17.3 Å². The Balaban J connectivity index is 3.06. The molecule has 2 nitrogen and oxygen atoms in total. The average Bonchev–Trinajstić information content (AvgIpc) is 2.29. The second-order valence-electron chi connectivity index (χ2n) is 3.89. The van der Waals surface area contributed by atoms with Crippen LogP contribution in [0, 0.1) is 11.7 Å². The van der Waals surface area contributed by atoms with Crippen molar-refractivity contribution < 1.29 is 4.39 Å². The van der Waals surface area contributed by atoms with Crippen molar-refractivity contribution in [3.63, 3.8) is 0 Å². The van der Waals surface area contributed by atoms with E-state index in [1.165, 1.54) is 6.07 Å². The number of rotatable bonds is 5. The third-order valence-corrected chi connectivity index (χ3v) is 3.49. The van der Waals surface area contributed by atoms with Crippen LogP contribution in [-0.2, 0) is 0 Å². The van der Waals surface area contributed by atoms with Gasteiger partial charge in [-0.15, -0.1) is 0 Å². The van der Waals surface area contributed by atoms with Crippen molar-refractivity contribution in [3.8, 4) is 0 Å². The maximum absolute atomic E-state index is 13.7. The molecule has 0 amide bonds. The van der Waals surface area contributed by atoms with Gasteiger partial charge in [-0.1, -0.05) is 42.6 Å². The Kier molecular flexibility index (Phi) is 5.38. The highest BCUT2D eigenvalue weighted by Gasteiger charge is 2.22. The summed E-state index contributed by atoms with van der Waals surface area (Å²) in [6, 6.07) is 4.82. The predicted octanol–water partition coefficient (Wildman–Crippen LogP) is 3.53. The maximum atomic E-state index is 13.7. The lowest BCUT2D eigenvalue weighted by Gasteiger charge is -2.25. The van der Waals surface area contributed by atoms with Gasteiger partial charge in [-0.3, -0.25) is 11.3 Å². The topological polar surface area (TPSA) is 38.0 Å². The number of hydrazine groups is 1. The molecule has 0 bridgehead atoms. The van der Waals surface area contributed by atoms with Crippen molar-refractivity contribution in [2.75, 3.05) is 0 Å². The van der Waals surface area contributed by atoms with Crippen LogP contribution in [0.15, 0.2) is 22.7 Å². The summed E-state index contributed by atoms with van der Waals surface area (Å²) >= 11 is 3.35. The van der Waals surface area contributed by atoms with Gasteiger partial charge in [-0.25, -0.2) is 4.39 Å². The predicted molar refractivity (Wildman–Crippen MR) is 68.2 cm³/mol. The van der Waals surface area contributed by atoms with Crippen LogP contribution in [0.3, 0.4) is 0 Å². The molecule has 1 aromatic carbocycles. The molecule has 1 atom stereocenters. The first-order valence-corrected chi connectivity index (χ1v) is 6.34. The first-order valence-electron chi connectivity index (χ1n) is 5.55. The van der Waals surface area contributed by atoms with Gasteiger partial charge >= 0.3 is 0 Å². The van der Waals surface area contributed by atoms with Crippen molar-refractivity contribution in [2.45, 2.75) is 32.7 Å². The SMILES string of the molecule is CCC(CC)C(NN)c1cc(Br)ccc1F. The van der Waals surface area contributed by atoms with Crippen LogP contribution in [0.2, 0.25) is 0 Å². The minimum atomic E-state index is -0.210. The number of hydrogen-bond acceptors (Lipinski definition) is 2. The molecule has 1 aromatic rings. The summed E-state index contributed by atoms with van der Waals surface area (Å²) in [4.78, 5) is 0. The molecule has 16 heavy (non-hydrogen) atoms. The number of halogens is 2. The molecule has 0 fully saturated rings. The van der Waals surface area contributed by atoms with Gasteiger partial charge < -0.3 is 0 Å². The zero-order valence-corrected chi connectivity index (χ0v) is 11.2. The van der Waals surface area contributed by atoms with E-state index in [1.807, 2.05) is 0 Å². The molecule has 0 aromatic heterocycles. The van der Waals surface area contributed by atoms with Crippen molar-refractivity contribution >= 4 is 15.9 Å². The molecule has 1 rings (SSSR count). The lowest BCUT2D eigenvalue weighted by atomic mass is 9.89. The van der Waals surface area contributed by atoms with E-state index in [1.54, 1.807) is 12.1 Å². The monoisotopic (exact) mass is 288 g/mol. The highest BCUT2D eigenvalue weighted by molar-refractivity contribution is 9.10. The van der Waals surface area contributed by atoms with E-state index in [2.05, 4.69) is 35.2 Å². The fraction of sp³-hybridized carbons (Fsp3) is 0.500. The van der Waals surface area contributed by atoms with Crippen molar-refractivity contribution in [1.82, 2.24) is 5.43 Å². The molecule has 90 valence electrons. The minimum absolute atomic E-state index is 0.132. The molecule has 0 aliphatic rings. The molecular formula is C12H18BrFN2. The molecule has 0 saturated carbocycles. The fourth-order valence-electron chi connectivity index (χ4n) is 1.99. The van der Waals surface area contributed by atoms with Gasteiger partial charge in [0, 0.05) is 10.0 Å². The highest BCUT2D eigenvalue weighted by atomic mass is 79.9. The standard InChI is InChI=1S/C12H18BrFN2/c1-3-8(4-2)12(16-15)10-7-9(13)5-6-11(10)14/h5-8,12,16H,3-4,15H2,1-2H3. The molecular weight excluding hydrogens is 271 g/mol. The normalized spacial score (nSPS) is 13.1. The Morgan fingerprint density at radius 2 is 2.00 bits per heavy atom. The van der Waals surface area contributed by atoms with Crippen molar-refractivity contribution in [2.24, 2.45) is 11.8 Å². The van der Waals surface area contributed by atoms with E-state index in [4.69, 9.17) is 5.84 Å². The van der Waals surface area contributed by atoms with Crippen LogP contribution in [-0.4, -0.2) is 0 Å². The van der Waals surface area contributed by atoms with Gasteiger partial charge in [-0.2, -0.15) is 0 Å². The Bertz CT molecular complexity index is 340. The molecule has 3 N–H and O–H groups in total. The Morgan fingerprint density at radius 1 is 1.38 bits per heavy atom. The highest BCUT2D eigenvalue weighted by Crippen LogP contribution is 2.30. The quantitative estimate of drug-likeness (QED) is 0.643. The largest absolute Gasteiger partial charge is 0.271 e. The minimum Gasteiger partial charge on any atom is -0.271 e. The Morgan fingerprint density at radius 3 is 2.50 bits per heavy atom. The summed E-state index contributed by atoms with van der Waals surface area (Å²) in [6.07, 6.45) is 1.94. The van der Waals surface area contributed by atoms with Crippen LogP contribution < -0.4 is 11.3 Å². The second-order valence-corrected chi connectivity index (χ2v) is 4.80. The lowest BCUT2D eigenvalue weighted by molar-refractivity contribution is 0.336. The number of nitrogens with one attached hydrogen (secondary N) is 1. The van der Waals surface area contributed by atoms with Crippen LogP contribution in [0.25, 0.3) is 0 Å². The lowest BCUT2D eigenvalue weighted by Crippen LogP contribution is -2.33. The van der Waals surface area contributed by atoms with Crippen LogP contribution in [0.1, 0.15) is 38.3 Å². The van der Waals surface area contributed by atoms with E-state index < -0.39 is 0 Å². The summed E-state index contributed by atoms with van der Waals surface area (Å²) in [5, 5.41) is 0. The summed E-state index contributed by atoms with van der Waals surface area (Å²) in [7, 11) is 0. The number of benzene rings is 1. The van der Waals surface area contributed by atoms with Crippen molar-refractivity contribution in [1.29, 1.82) is 0 Å². The van der Waals surface area contributed by atoms with Gasteiger partial charge in [0.15, 0.2) is 0 Å². The zero-order chi connectivity index (χ0) is 12.1. The molecule has 0 saturated heterocycles. The molecule has 0 radical (unpaired) electrons. The maximum Gasteiger partial charge on any atom is 0.128 e. The molecule has 0 aliphatic heterocycles. The molecule has 4 heteroatoms. The smallest absolute Gasteiger partial charge is 0.128 e.